The number of carbonyl (C=O) groups excluding carboxylic acids is 1. The van der Waals surface area contributed by atoms with E-state index >= 15 is 0 Å². The second-order valence-corrected chi connectivity index (χ2v) is 4.77. The van der Waals surface area contributed by atoms with Crippen LogP contribution in [-0.2, 0) is 4.79 Å². The molecule has 13 heavy (non-hydrogen) atoms. The lowest BCUT2D eigenvalue weighted by Gasteiger charge is -2.16. The lowest BCUT2D eigenvalue weighted by molar-refractivity contribution is -0.118. The van der Waals surface area contributed by atoms with E-state index in [1.165, 1.54) is 0 Å². The highest BCUT2D eigenvalue weighted by molar-refractivity contribution is 8.14. The van der Waals surface area contributed by atoms with E-state index in [0.29, 0.717) is 0 Å². The normalized spacial score (nSPS) is 25.6. The topological polar surface area (TPSA) is 67.5 Å². The first-order valence-corrected chi connectivity index (χ1v) is 5.17. The molecule has 74 valence electrons. The maximum Gasteiger partial charge on any atom is 0.242 e. The largest absolute Gasteiger partial charge is 0.368 e. The van der Waals surface area contributed by atoms with Crippen LogP contribution in [0.4, 0.5) is 0 Å². The van der Waals surface area contributed by atoms with Crippen LogP contribution < -0.4 is 11.1 Å². The number of hydrogen-bond acceptors (Lipinski definition) is 3. The minimum atomic E-state index is -0.441. The molecule has 5 heteroatoms. The Morgan fingerprint density at radius 1 is 1.77 bits per heavy atom. The molecule has 1 fully saturated rings. The fourth-order valence-corrected chi connectivity index (χ4v) is 2.07. The first-order chi connectivity index (χ1) is 5.91. The Balaban J connectivity index is 2.60. The molecular weight excluding hydrogens is 186 g/mol. The fourth-order valence-electron chi connectivity index (χ4n) is 0.919. The molecule has 0 saturated carbocycles. The highest BCUT2D eigenvalue weighted by Crippen LogP contribution is 2.22. The van der Waals surface area contributed by atoms with Crippen molar-refractivity contribution in [2.75, 3.05) is 5.75 Å². The number of amides is 1. The third kappa shape index (κ3) is 2.91. The Morgan fingerprint density at radius 2 is 2.38 bits per heavy atom. The van der Waals surface area contributed by atoms with Crippen LogP contribution in [0.3, 0.4) is 0 Å². The summed E-state index contributed by atoms with van der Waals surface area (Å²) in [7, 11) is 0. The van der Waals surface area contributed by atoms with Crippen molar-refractivity contribution < 1.29 is 4.79 Å². The summed E-state index contributed by atoms with van der Waals surface area (Å²) in [6.07, 6.45) is 0. The number of carbonyl (C=O) groups is 1. The summed E-state index contributed by atoms with van der Waals surface area (Å²) in [4.78, 5) is 14.9. The Kier molecular flexibility index (Phi) is 2.85. The van der Waals surface area contributed by atoms with Gasteiger partial charge in [-0.3, -0.25) is 4.79 Å². The number of hydrogen-bond donors (Lipinski definition) is 2. The van der Waals surface area contributed by atoms with E-state index in [4.69, 9.17) is 5.73 Å². The second kappa shape index (κ2) is 3.57. The van der Waals surface area contributed by atoms with Gasteiger partial charge in [-0.15, -0.1) is 0 Å². The summed E-state index contributed by atoms with van der Waals surface area (Å²) in [6, 6.07) is -0.441. The van der Waals surface area contributed by atoms with E-state index < -0.39 is 6.04 Å². The van der Waals surface area contributed by atoms with Crippen LogP contribution in [0.5, 0.6) is 0 Å². The Bertz CT molecular complexity index is 250. The van der Waals surface area contributed by atoms with Gasteiger partial charge in [-0.05, 0) is 20.8 Å². The Labute approximate surface area is 82.4 Å². The molecule has 1 amide bonds. The number of amidine groups is 1. The van der Waals surface area contributed by atoms with Crippen molar-refractivity contribution in [3.8, 4) is 0 Å². The molecule has 1 unspecified atom stereocenters. The Morgan fingerprint density at radius 3 is 2.77 bits per heavy atom. The molecule has 0 spiro atoms. The summed E-state index contributed by atoms with van der Waals surface area (Å²) in [5.74, 6) is 0.580. The molecule has 0 aromatic rings. The SMILES string of the molecule is CC(N=C1NC(C)(C)CS1)C(N)=O. The average Bonchev–Trinajstić information content (AvgIpc) is 2.30. The van der Waals surface area contributed by atoms with Crippen molar-refractivity contribution in [1.29, 1.82) is 0 Å². The van der Waals surface area contributed by atoms with Gasteiger partial charge in [0.05, 0.1) is 0 Å². The number of nitrogens with one attached hydrogen (secondary N) is 1. The lowest BCUT2D eigenvalue weighted by atomic mass is 10.1. The zero-order valence-corrected chi connectivity index (χ0v) is 8.94. The predicted molar refractivity (Wildman–Crippen MR) is 55.8 cm³/mol. The zero-order valence-electron chi connectivity index (χ0n) is 8.13. The minimum absolute atomic E-state index is 0.0703. The summed E-state index contributed by atoms with van der Waals surface area (Å²) in [5, 5.41) is 4.04. The van der Waals surface area contributed by atoms with Crippen molar-refractivity contribution in [2.24, 2.45) is 10.7 Å². The van der Waals surface area contributed by atoms with Gasteiger partial charge in [0.15, 0.2) is 5.17 Å². The zero-order chi connectivity index (χ0) is 10.1. The number of rotatable bonds is 2. The van der Waals surface area contributed by atoms with Crippen molar-refractivity contribution in [2.45, 2.75) is 32.4 Å². The number of primary amides is 1. The van der Waals surface area contributed by atoms with E-state index in [9.17, 15) is 4.79 Å². The third-order valence-electron chi connectivity index (χ3n) is 1.74. The lowest BCUT2D eigenvalue weighted by Crippen LogP contribution is -2.37. The smallest absolute Gasteiger partial charge is 0.242 e. The van der Waals surface area contributed by atoms with E-state index in [1.54, 1.807) is 18.7 Å². The van der Waals surface area contributed by atoms with E-state index in [2.05, 4.69) is 24.2 Å². The van der Waals surface area contributed by atoms with Gasteiger partial charge in [0.25, 0.3) is 0 Å². The summed E-state index contributed by atoms with van der Waals surface area (Å²) < 4.78 is 0. The maximum absolute atomic E-state index is 10.7. The summed E-state index contributed by atoms with van der Waals surface area (Å²) >= 11 is 1.63. The molecule has 0 aromatic carbocycles. The molecule has 3 N–H and O–H groups in total. The number of thioether (sulfide) groups is 1. The molecular formula is C8H15N3OS. The van der Waals surface area contributed by atoms with Crippen LogP contribution >= 0.6 is 11.8 Å². The molecule has 1 saturated heterocycles. The molecule has 0 aliphatic carbocycles. The number of nitrogens with zero attached hydrogens (tertiary/aromatic N) is 1. The molecule has 4 nitrogen and oxygen atoms in total. The van der Waals surface area contributed by atoms with Gasteiger partial charge < -0.3 is 11.1 Å². The summed E-state index contributed by atoms with van der Waals surface area (Å²) in [6.45, 7) is 5.89. The highest BCUT2D eigenvalue weighted by atomic mass is 32.2. The molecule has 0 radical (unpaired) electrons. The molecule has 1 rings (SSSR count). The van der Waals surface area contributed by atoms with Gasteiger partial charge in [0, 0.05) is 11.3 Å². The molecule has 0 aromatic heterocycles. The monoisotopic (exact) mass is 201 g/mol. The van der Waals surface area contributed by atoms with Crippen LogP contribution in [0, 0.1) is 0 Å². The fraction of sp³-hybridized carbons (Fsp3) is 0.750. The maximum atomic E-state index is 10.7. The number of aliphatic imine (C=N–C) groups is 1. The standard InChI is InChI=1S/C8H15N3OS/c1-5(6(9)12)10-7-11-8(2,3)4-13-7/h5H,4H2,1-3H3,(H2,9,12)(H,10,11). The first-order valence-electron chi connectivity index (χ1n) is 4.19. The third-order valence-corrected chi connectivity index (χ3v) is 3.08. The molecule has 1 aliphatic rings. The minimum Gasteiger partial charge on any atom is -0.368 e. The first kappa shape index (κ1) is 10.4. The predicted octanol–water partition coefficient (Wildman–Crippen LogP) is 0.331. The van der Waals surface area contributed by atoms with E-state index in [-0.39, 0.29) is 11.4 Å². The highest BCUT2D eigenvalue weighted by Gasteiger charge is 2.27. The van der Waals surface area contributed by atoms with E-state index in [1.807, 2.05) is 0 Å². The Hall–Kier alpha value is -0.710. The van der Waals surface area contributed by atoms with Crippen molar-refractivity contribution in [3.05, 3.63) is 0 Å². The molecule has 0 bridgehead atoms. The van der Waals surface area contributed by atoms with Gasteiger partial charge >= 0.3 is 0 Å². The quantitative estimate of drug-likeness (QED) is 0.676. The van der Waals surface area contributed by atoms with E-state index in [0.717, 1.165) is 10.9 Å². The van der Waals surface area contributed by atoms with Gasteiger partial charge in [0.2, 0.25) is 5.91 Å². The van der Waals surface area contributed by atoms with Crippen LogP contribution in [0.2, 0.25) is 0 Å². The number of nitrogens with two attached hydrogens (primary N) is 1. The molecule has 1 heterocycles. The van der Waals surface area contributed by atoms with Gasteiger partial charge in [-0.25, -0.2) is 4.99 Å². The molecule has 1 aliphatic heterocycles. The van der Waals surface area contributed by atoms with Gasteiger partial charge in [0.1, 0.15) is 6.04 Å². The van der Waals surface area contributed by atoms with Crippen LogP contribution in [-0.4, -0.2) is 28.4 Å². The summed E-state index contributed by atoms with van der Waals surface area (Å²) in [5.41, 5.74) is 5.17. The van der Waals surface area contributed by atoms with Gasteiger partial charge in [-0.1, -0.05) is 11.8 Å². The van der Waals surface area contributed by atoms with Crippen molar-refractivity contribution in [1.82, 2.24) is 5.32 Å². The van der Waals surface area contributed by atoms with Gasteiger partial charge in [-0.2, -0.15) is 0 Å². The second-order valence-electron chi connectivity index (χ2n) is 3.81. The van der Waals surface area contributed by atoms with Crippen LogP contribution in [0.1, 0.15) is 20.8 Å². The van der Waals surface area contributed by atoms with Crippen molar-refractivity contribution in [3.63, 3.8) is 0 Å². The van der Waals surface area contributed by atoms with Crippen molar-refractivity contribution >= 4 is 22.8 Å². The average molecular weight is 201 g/mol. The van der Waals surface area contributed by atoms with Crippen LogP contribution in [0.15, 0.2) is 4.99 Å². The molecule has 1 atom stereocenters. The van der Waals surface area contributed by atoms with Crippen LogP contribution in [0.25, 0.3) is 0 Å².